The van der Waals surface area contributed by atoms with E-state index in [1.165, 1.54) is 18.2 Å². The third-order valence-electron chi connectivity index (χ3n) is 2.83. The summed E-state index contributed by atoms with van der Waals surface area (Å²) in [6.45, 7) is 1.86. The fourth-order valence-electron chi connectivity index (χ4n) is 1.74. The zero-order valence-corrected chi connectivity index (χ0v) is 10.3. The SMILES string of the molecule is CCC(O)CCc1cc(CC(F)(F)F)ccc1N. The molecule has 1 atom stereocenters. The average Bonchev–Trinajstić information content (AvgIpc) is 2.27. The lowest BCUT2D eigenvalue weighted by Gasteiger charge is -2.12. The lowest BCUT2D eigenvalue weighted by molar-refractivity contribution is -0.127. The lowest BCUT2D eigenvalue weighted by atomic mass is 10.0. The summed E-state index contributed by atoms with van der Waals surface area (Å²) in [6, 6.07) is 4.36. The van der Waals surface area contributed by atoms with Gasteiger partial charge < -0.3 is 10.8 Å². The van der Waals surface area contributed by atoms with Crippen molar-refractivity contribution in [1.29, 1.82) is 0 Å². The number of benzene rings is 1. The van der Waals surface area contributed by atoms with Gasteiger partial charge in [-0.15, -0.1) is 0 Å². The van der Waals surface area contributed by atoms with Crippen LogP contribution in [0.2, 0.25) is 0 Å². The molecule has 0 bridgehead atoms. The second-order valence-corrected chi connectivity index (χ2v) is 4.43. The number of nitrogens with two attached hydrogens (primary N) is 1. The molecule has 0 aromatic heterocycles. The van der Waals surface area contributed by atoms with E-state index in [1.807, 2.05) is 6.92 Å². The van der Waals surface area contributed by atoms with Crippen LogP contribution in [0, 0.1) is 0 Å². The number of nitrogen functional groups attached to an aromatic ring is 1. The summed E-state index contributed by atoms with van der Waals surface area (Å²) in [5.41, 5.74) is 7.07. The van der Waals surface area contributed by atoms with Crippen LogP contribution in [0.5, 0.6) is 0 Å². The number of aryl methyl sites for hydroxylation is 1. The predicted octanol–water partition coefficient (Wildman–Crippen LogP) is 3.08. The Hall–Kier alpha value is -1.23. The Morgan fingerprint density at radius 2 is 2.00 bits per heavy atom. The van der Waals surface area contributed by atoms with Crippen molar-refractivity contribution in [3.63, 3.8) is 0 Å². The van der Waals surface area contributed by atoms with Crippen molar-refractivity contribution in [3.05, 3.63) is 29.3 Å². The van der Waals surface area contributed by atoms with E-state index in [-0.39, 0.29) is 5.56 Å². The Kier molecular flexibility index (Phi) is 5.02. The van der Waals surface area contributed by atoms with E-state index < -0.39 is 18.7 Å². The van der Waals surface area contributed by atoms with Crippen molar-refractivity contribution >= 4 is 5.69 Å². The molecule has 0 saturated carbocycles. The van der Waals surface area contributed by atoms with E-state index in [0.717, 1.165) is 0 Å². The highest BCUT2D eigenvalue weighted by Gasteiger charge is 2.27. The van der Waals surface area contributed by atoms with Gasteiger partial charge in [0.25, 0.3) is 0 Å². The molecule has 102 valence electrons. The molecule has 0 radical (unpaired) electrons. The fraction of sp³-hybridized carbons (Fsp3) is 0.538. The van der Waals surface area contributed by atoms with Crippen molar-refractivity contribution in [3.8, 4) is 0 Å². The van der Waals surface area contributed by atoms with Gasteiger partial charge >= 0.3 is 6.18 Å². The van der Waals surface area contributed by atoms with Gasteiger partial charge in [0.05, 0.1) is 12.5 Å². The minimum Gasteiger partial charge on any atom is -0.399 e. The molecule has 0 aliphatic heterocycles. The fourth-order valence-corrected chi connectivity index (χ4v) is 1.74. The zero-order chi connectivity index (χ0) is 13.8. The van der Waals surface area contributed by atoms with Gasteiger partial charge in [-0.05, 0) is 36.5 Å². The van der Waals surface area contributed by atoms with Crippen molar-refractivity contribution in [2.24, 2.45) is 0 Å². The molecule has 1 aromatic carbocycles. The monoisotopic (exact) mass is 261 g/mol. The Balaban J connectivity index is 2.75. The first-order valence-electron chi connectivity index (χ1n) is 5.94. The number of aliphatic hydroxyl groups is 1. The highest BCUT2D eigenvalue weighted by molar-refractivity contribution is 5.48. The maximum atomic E-state index is 12.3. The second-order valence-electron chi connectivity index (χ2n) is 4.43. The maximum Gasteiger partial charge on any atom is 0.393 e. The number of rotatable bonds is 5. The van der Waals surface area contributed by atoms with Gasteiger partial charge in [0, 0.05) is 5.69 Å². The normalized spacial score (nSPS) is 13.6. The zero-order valence-electron chi connectivity index (χ0n) is 10.3. The van der Waals surface area contributed by atoms with Gasteiger partial charge in [-0.25, -0.2) is 0 Å². The number of halogens is 3. The second kappa shape index (κ2) is 6.09. The molecule has 1 unspecified atom stereocenters. The van der Waals surface area contributed by atoms with Crippen LogP contribution in [-0.2, 0) is 12.8 Å². The minimum absolute atomic E-state index is 0.206. The molecule has 0 fully saturated rings. The number of hydrogen-bond donors (Lipinski definition) is 2. The maximum absolute atomic E-state index is 12.3. The number of hydrogen-bond acceptors (Lipinski definition) is 2. The first kappa shape index (κ1) is 14.8. The highest BCUT2D eigenvalue weighted by atomic mass is 19.4. The smallest absolute Gasteiger partial charge is 0.393 e. The average molecular weight is 261 g/mol. The molecule has 0 heterocycles. The van der Waals surface area contributed by atoms with E-state index in [1.54, 1.807) is 0 Å². The van der Waals surface area contributed by atoms with Crippen molar-refractivity contribution in [2.75, 3.05) is 5.73 Å². The molecule has 5 heteroatoms. The molecule has 1 aromatic rings. The van der Waals surface area contributed by atoms with E-state index in [9.17, 15) is 18.3 Å². The lowest BCUT2D eigenvalue weighted by Crippen LogP contribution is -2.12. The van der Waals surface area contributed by atoms with Crippen LogP contribution in [-0.4, -0.2) is 17.4 Å². The van der Waals surface area contributed by atoms with E-state index in [2.05, 4.69) is 0 Å². The molecule has 1 rings (SSSR count). The quantitative estimate of drug-likeness (QED) is 0.800. The Morgan fingerprint density at radius 1 is 1.33 bits per heavy atom. The molecule has 0 saturated heterocycles. The van der Waals surface area contributed by atoms with Crippen LogP contribution in [0.1, 0.15) is 30.9 Å². The van der Waals surface area contributed by atoms with Crippen molar-refractivity contribution < 1.29 is 18.3 Å². The topological polar surface area (TPSA) is 46.2 Å². The summed E-state index contributed by atoms with van der Waals surface area (Å²) in [6.07, 6.45) is -3.96. The summed E-state index contributed by atoms with van der Waals surface area (Å²) in [5, 5.41) is 9.45. The third kappa shape index (κ3) is 4.96. The Labute approximate surface area is 105 Å². The van der Waals surface area contributed by atoms with Crippen molar-refractivity contribution in [2.45, 2.75) is 44.9 Å². The first-order chi connectivity index (χ1) is 8.31. The first-order valence-corrected chi connectivity index (χ1v) is 5.94. The summed E-state index contributed by atoms with van der Waals surface area (Å²) >= 11 is 0. The van der Waals surface area contributed by atoms with Crippen molar-refractivity contribution in [1.82, 2.24) is 0 Å². The van der Waals surface area contributed by atoms with Crippen LogP contribution in [0.15, 0.2) is 18.2 Å². The van der Waals surface area contributed by atoms with E-state index in [0.29, 0.717) is 30.5 Å². The van der Waals surface area contributed by atoms with Crippen LogP contribution in [0.4, 0.5) is 18.9 Å². The van der Waals surface area contributed by atoms with Gasteiger partial charge in [0.2, 0.25) is 0 Å². The number of anilines is 1. The van der Waals surface area contributed by atoms with Gasteiger partial charge in [-0.1, -0.05) is 19.1 Å². The Bertz CT molecular complexity index is 390. The van der Waals surface area contributed by atoms with Crippen LogP contribution >= 0.6 is 0 Å². The summed E-state index contributed by atoms with van der Waals surface area (Å²) in [5.74, 6) is 0. The van der Waals surface area contributed by atoms with E-state index in [4.69, 9.17) is 5.73 Å². The van der Waals surface area contributed by atoms with Crippen LogP contribution in [0.25, 0.3) is 0 Å². The van der Waals surface area contributed by atoms with E-state index >= 15 is 0 Å². The predicted molar refractivity (Wildman–Crippen MR) is 65.2 cm³/mol. The van der Waals surface area contributed by atoms with Gasteiger partial charge in [-0.2, -0.15) is 13.2 Å². The standard InChI is InChI=1S/C13H18F3NO/c1-2-11(18)5-4-10-7-9(3-6-12(10)17)8-13(14,15)16/h3,6-7,11,18H,2,4-5,8,17H2,1H3. The molecular weight excluding hydrogens is 243 g/mol. The molecule has 0 amide bonds. The molecule has 18 heavy (non-hydrogen) atoms. The molecule has 0 aliphatic carbocycles. The summed E-state index contributed by atoms with van der Waals surface area (Å²) in [7, 11) is 0. The number of aliphatic hydroxyl groups excluding tert-OH is 1. The largest absolute Gasteiger partial charge is 0.399 e. The molecular formula is C13H18F3NO. The van der Waals surface area contributed by atoms with Gasteiger partial charge in [0.15, 0.2) is 0 Å². The molecule has 0 spiro atoms. The van der Waals surface area contributed by atoms with Gasteiger partial charge in [0.1, 0.15) is 0 Å². The minimum atomic E-state index is -4.21. The molecule has 3 N–H and O–H groups in total. The number of alkyl halides is 3. The molecule has 2 nitrogen and oxygen atoms in total. The highest BCUT2D eigenvalue weighted by Crippen LogP contribution is 2.24. The third-order valence-corrected chi connectivity index (χ3v) is 2.83. The molecule has 0 aliphatic rings. The van der Waals surface area contributed by atoms with Crippen LogP contribution < -0.4 is 5.73 Å². The summed E-state index contributed by atoms with van der Waals surface area (Å²) < 4.78 is 36.8. The van der Waals surface area contributed by atoms with Crippen LogP contribution in [0.3, 0.4) is 0 Å². The summed E-state index contributed by atoms with van der Waals surface area (Å²) in [4.78, 5) is 0. The van der Waals surface area contributed by atoms with Gasteiger partial charge in [-0.3, -0.25) is 0 Å². The Morgan fingerprint density at radius 3 is 2.56 bits per heavy atom.